The zero-order valence-electron chi connectivity index (χ0n) is 12.6. The molecule has 0 saturated carbocycles. The first kappa shape index (κ1) is 17.9. The lowest BCUT2D eigenvalue weighted by Crippen LogP contribution is -2.31. The summed E-state index contributed by atoms with van der Waals surface area (Å²) in [5.41, 5.74) is 7.75. The Morgan fingerprint density at radius 2 is 2.00 bits per heavy atom. The van der Waals surface area contributed by atoms with Crippen LogP contribution >= 0.6 is 0 Å². The summed E-state index contributed by atoms with van der Waals surface area (Å²) < 4.78 is 34.1. The van der Waals surface area contributed by atoms with E-state index in [4.69, 9.17) is 21.4 Å². The lowest BCUT2D eigenvalue weighted by atomic mass is 10.1. The molecule has 8 nitrogen and oxygen atoms in total. The smallest absolute Gasteiger partial charge is 0.387 e. The maximum absolute atomic E-state index is 12.3. The van der Waals surface area contributed by atoms with Crippen LogP contribution in [0, 0.1) is 0 Å². The number of aliphatic carboxylic acids is 1. The van der Waals surface area contributed by atoms with Crippen molar-refractivity contribution in [3.63, 3.8) is 0 Å². The van der Waals surface area contributed by atoms with Crippen LogP contribution in [0.5, 0.6) is 11.5 Å². The summed E-state index contributed by atoms with van der Waals surface area (Å²) >= 11 is 0. The minimum Gasteiger partial charge on any atom is -0.476 e. The van der Waals surface area contributed by atoms with Crippen molar-refractivity contribution in [1.29, 1.82) is 0 Å². The number of hydrogen-bond acceptors (Lipinski definition) is 7. The van der Waals surface area contributed by atoms with Gasteiger partial charge in [-0.05, 0) is 24.3 Å². The van der Waals surface area contributed by atoms with E-state index < -0.39 is 18.3 Å². The molecule has 0 fully saturated rings. The van der Waals surface area contributed by atoms with Crippen molar-refractivity contribution in [2.24, 2.45) is 11.6 Å². The highest BCUT2D eigenvalue weighted by Crippen LogP contribution is 2.25. The standard InChI is InChI=1S/C15H14F2N4O4/c16-15(17)25-9-3-1-2-8(6-9)11-5-4-10(7-20-11)24-13(21-19)12(18)14(22)23/h1-7,15,21H,18-19H2,(H,22,23)/b13-12+. The van der Waals surface area contributed by atoms with Gasteiger partial charge in [0, 0.05) is 5.56 Å². The summed E-state index contributed by atoms with van der Waals surface area (Å²) in [5, 5.41) is 8.80. The molecular weight excluding hydrogens is 338 g/mol. The van der Waals surface area contributed by atoms with Crippen molar-refractivity contribution in [3.05, 3.63) is 54.2 Å². The summed E-state index contributed by atoms with van der Waals surface area (Å²) in [6, 6.07) is 9.04. The van der Waals surface area contributed by atoms with Crippen LogP contribution in [0.25, 0.3) is 11.3 Å². The number of benzene rings is 1. The van der Waals surface area contributed by atoms with E-state index in [2.05, 4.69) is 9.72 Å². The van der Waals surface area contributed by atoms with Crippen molar-refractivity contribution in [2.75, 3.05) is 0 Å². The fourth-order valence-corrected chi connectivity index (χ4v) is 1.82. The van der Waals surface area contributed by atoms with E-state index in [1.54, 1.807) is 18.2 Å². The number of carbonyl (C=O) groups is 1. The third-order valence-electron chi connectivity index (χ3n) is 2.92. The van der Waals surface area contributed by atoms with Gasteiger partial charge in [-0.3, -0.25) is 10.4 Å². The topological polar surface area (TPSA) is 133 Å². The molecule has 1 aromatic heterocycles. The van der Waals surface area contributed by atoms with Gasteiger partial charge in [-0.25, -0.2) is 10.6 Å². The van der Waals surface area contributed by atoms with Crippen molar-refractivity contribution in [2.45, 2.75) is 6.61 Å². The molecule has 2 rings (SSSR count). The van der Waals surface area contributed by atoms with E-state index in [-0.39, 0.29) is 17.4 Å². The molecule has 0 atom stereocenters. The normalized spacial score (nSPS) is 11.7. The molecular formula is C15H14F2N4O4. The van der Waals surface area contributed by atoms with Gasteiger partial charge in [-0.1, -0.05) is 12.1 Å². The number of hydrogen-bond donors (Lipinski definition) is 4. The van der Waals surface area contributed by atoms with Gasteiger partial charge in [-0.15, -0.1) is 0 Å². The Hall–Kier alpha value is -3.40. The summed E-state index contributed by atoms with van der Waals surface area (Å²) in [5.74, 6) is 3.57. The molecule has 6 N–H and O–H groups in total. The Kier molecular flexibility index (Phi) is 5.69. The highest BCUT2D eigenvalue weighted by molar-refractivity contribution is 5.85. The van der Waals surface area contributed by atoms with Gasteiger partial charge >= 0.3 is 12.6 Å². The van der Waals surface area contributed by atoms with Gasteiger partial charge in [0.2, 0.25) is 5.88 Å². The molecule has 25 heavy (non-hydrogen) atoms. The second-order valence-electron chi connectivity index (χ2n) is 4.58. The fraction of sp³-hybridized carbons (Fsp3) is 0.0667. The lowest BCUT2D eigenvalue weighted by molar-refractivity contribution is -0.132. The third kappa shape index (κ3) is 4.78. The SMILES string of the molecule is NN/C(Oc1ccc(-c2cccc(OC(F)F)c2)nc1)=C(\N)C(=O)O. The van der Waals surface area contributed by atoms with E-state index in [0.717, 1.165) is 0 Å². The van der Waals surface area contributed by atoms with Gasteiger partial charge in [0.25, 0.3) is 0 Å². The van der Waals surface area contributed by atoms with Crippen LogP contribution in [-0.4, -0.2) is 22.7 Å². The van der Waals surface area contributed by atoms with Crippen molar-refractivity contribution < 1.29 is 28.2 Å². The Morgan fingerprint density at radius 1 is 1.24 bits per heavy atom. The van der Waals surface area contributed by atoms with E-state index in [1.165, 1.54) is 24.4 Å². The maximum atomic E-state index is 12.3. The lowest BCUT2D eigenvalue weighted by Gasteiger charge is -2.11. The first-order valence-corrected chi connectivity index (χ1v) is 6.79. The minimum atomic E-state index is -2.92. The van der Waals surface area contributed by atoms with Gasteiger partial charge in [0.15, 0.2) is 5.70 Å². The molecule has 0 bridgehead atoms. The maximum Gasteiger partial charge on any atom is 0.387 e. The number of nitrogens with zero attached hydrogens (tertiary/aromatic N) is 1. The Labute approximate surface area is 140 Å². The zero-order valence-corrected chi connectivity index (χ0v) is 12.6. The number of alkyl halides is 2. The highest BCUT2D eigenvalue weighted by atomic mass is 19.3. The average Bonchev–Trinajstić information content (AvgIpc) is 2.59. The molecule has 0 radical (unpaired) electrons. The molecule has 0 unspecified atom stereocenters. The monoisotopic (exact) mass is 352 g/mol. The van der Waals surface area contributed by atoms with Crippen LogP contribution in [0.1, 0.15) is 0 Å². The molecule has 10 heteroatoms. The molecule has 0 amide bonds. The quantitative estimate of drug-likeness (QED) is 0.254. The van der Waals surface area contributed by atoms with Crippen LogP contribution in [0.2, 0.25) is 0 Å². The van der Waals surface area contributed by atoms with Crippen LogP contribution in [-0.2, 0) is 4.79 Å². The summed E-state index contributed by atoms with van der Waals surface area (Å²) in [6.07, 6.45) is 1.29. The number of carboxylic acid groups (broad SMARTS) is 1. The minimum absolute atomic E-state index is 0.00131. The molecule has 2 aromatic rings. The van der Waals surface area contributed by atoms with Crippen LogP contribution < -0.4 is 26.5 Å². The Morgan fingerprint density at radius 3 is 2.56 bits per heavy atom. The van der Waals surface area contributed by atoms with E-state index in [9.17, 15) is 13.6 Å². The van der Waals surface area contributed by atoms with Crippen LogP contribution in [0.4, 0.5) is 8.78 Å². The largest absolute Gasteiger partial charge is 0.476 e. The van der Waals surface area contributed by atoms with E-state index >= 15 is 0 Å². The number of ether oxygens (including phenoxy) is 2. The molecule has 0 aliphatic rings. The van der Waals surface area contributed by atoms with E-state index in [1.807, 2.05) is 5.43 Å². The van der Waals surface area contributed by atoms with E-state index in [0.29, 0.717) is 11.3 Å². The average molecular weight is 352 g/mol. The first-order chi connectivity index (χ1) is 11.9. The molecule has 0 spiro atoms. The van der Waals surface area contributed by atoms with Crippen molar-refractivity contribution in [1.82, 2.24) is 10.4 Å². The second kappa shape index (κ2) is 7.93. The molecule has 0 aliphatic carbocycles. The number of carboxylic acids is 1. The number of aromatic nitrogens is 1. The van der Waals surface area contributed by atoms with Crippen molar-refractivity contribution >= 4 is 5.97 Å². The van der Waals surface area contributed by atoms with Gasteiger partial charge in [-0.2, -0.15) is 8.78 Å². The molecule has 0 aliphatic heterocycles. The number of nitrogens with two attached hydrogens (primary N) is 2. The fourth-order valence-electron chi connectivity index (χ4n) is 1.82. The Balaban J connectivity index is 2.20. The van der Waals surface area contributed by atoms with Gasteiger partial charge in [0.05, 0.1) is 11.9 Å². The number of halogens is 2. The van der Waals surface area contributed by atoms with Crippen LogP contribution in [0.15, 0.2) is 54.2 Å². The number of rotatable bonds is 7. The van der Waals surface area contributed by atoms with Crippen LogP contribution in [0.3, 0.4) is 0 Å². The second-order valence-corrected chi connectivity index (χ2v) is 4.58. The predicted molar refractivity (Wildman–Crippen MR) is 83.1 cm³/mol. The highest BCUT2D eigenvalue weighted by Gasteiger charge is 2.13. The predicted octanol–water partition coefficient (Wildman–Crippen LogP) is 1.40. The third-order valence-corrected chi connectivity index (χ3v) is 2.92. The first-order valence-electron chi connectivity index (χ1n) is 6.79. The van der Waals surface area contributed by atoms with Gasteiger partial charge in [0.1, 0.15) is 11.5 Å². The summed E-state index contributed by atoms with van der Waals surface area (Å²) in [7, 11) is 0. The Bertz CT molecular complexity index is 781. The number of nitrogens with one attached hydrogen (secondary N) is 1. The zero-order chi connectivity index (χ0) is 18.4. The summed E-state index contributed by atoms with van der Waals surface area (Å²) in [4.78, 5) is 14.9. The molecule has 0 saturated heterocycles. The van der Waals surface area contributed by atoms with Crippen molar-refractivity contribution in [3.8, 4) is 22.8 Å². The number of pyridine rings is 1. The molecule has 1 heterocycles. The summed E-state index contributed by atoms with van der Waals surface area (Å²) in [6.45, 7) is -2.92. The number of hydrazine groups is 1. The molecule has 132 valence electrons. The molecule has 1 aromatic carbocycles. The van der Waals surface area contributed by atoms with Gasteiger partial charge < -0.3 is 20.3 Å².